The van der Waals surface area contributed by atoms with Crippen LogP contribution in [0.1, 0.15) is 15.9 Å². The molecule has 98 valence electrons. The first-order chi connectivity index (χ1) is 9.66. The van der Waals surface area contributed by atoms with E-state index in [0.717, 1.165) is 5.56 Å². The number of non-ortho nitro benzene ring substituents is 1. The van der Waals surface area contributed by atoms with Crippen LogP contribution in [0.3, 0.4) is 0 Å². The maximum atomic E-state index is 11.6. The van der Waals surface area contributed by atoms with E-state index in [-0.39, 0.29) is 11.3 Å². The van der Waals surface area contributed by atoms with E-state index in [0.29, 0.717) is 0 Å². The molecular formula is C15H9NO4. The highest BCUT2D eigenvalue weighted by Gasteiger charge is 2.09. The highest BCUT2D eigenvalue weighted by Crippen LogP contribution is 2.12. The molecule has 0 heterocycles. The lowest BCUT2D eigenvalue weighted by Crippen LogP contribution is -2.01. The molecule has 0 radical (unpaired) electrons. The SMILES string of the molecule is O=C(OC#Cc1ccccc1)c1ccc([N+](=O)[O-])cc1. The molecule has 0 amide bonds. The topological polar surface area (TPSA) is 69.4 Å². The quantitative estimate of drug-likeness (QED) is 0.363. The van der Waals surface area contributed by atoms with Crippen molar-refractivity contribution in [2.75, 3.05) is 0 Å². The molecule has 2 aromatic carbocycles. The Morgan fingerprint density at radius 3 is 2.30 bits per heavy atom. The summed E-state index contributed by atoms with van der Waals surface area (Å²) in [4.78, 5) is 21.6. The van der Waals surface area contributed by atoms with Gasteiger partial charge in [-0.15, -0.1) is 0 Å². The highest BCUT2D eigenvalue weighted by molar-refractivity contribution is 5.90. The van der Waals surface area contributed by atoms with Crippen molar-refractivity contribution in [2.45, 2.75) is 0 Å². The molecule has 2 rings (SSSR count). The second kappa shape index (κ2) is 6.16. The van der Waals surface area contributed by atoms with Crippen molar-refractivity contribution < 1.29 is 14.5 Å². The van der Waals surface area contributed by atoms with Crippen molar-refractivity contribution >= 4 is 11.7 Å². The fourth-order valence-electron chi connectivity index (χ4n) is 1.43. The molecule has 5 nitrogen and oxygen atoms in total. The van der Waals surface area contributed by atoms with E-state index in [1.165, 1.54) is 24.3 Å². The number of rotatable bonds is 2. The summed E-state index contributed by atoms with van der Waals surface area (Å²) in [6.45, 7) is 0. The number of nitro benzene ring substituents is 1. The molecule has 2 aromatic rings. The minimum Gasteiger partial charge on any atom is -0.368 e. The number of ether oxygens (including phenoxy) is 1. The predicted molar refractivity (Wildman–Crippen MR) is 71.8 cm³/mol. The molecule has 0 spiro atoms. The van der Waals surface area contributed by atoms with Crippen LogP contribution in [0.2, 0.25) is 0 Å². The molecule has 0 saturated heterocycles. The fourth-order valence-corrected chi connectivity index (χ4v) is 1.43. The van der Waals surface area contributed by atoms with E-state index in [1.807, 2.05) is 18.2 Å². The Hall–Kier alpha value is -3.13. The fraction of sp³-hybridized carbons (Fsp3) is 0. The van der Waals surface area contributed by atoms with Gasteiger partial charge >= 0.3 is 5.97 Å². The first-order valence-corrected chi connectivity index (χ1v) is 5.68. The standard InChI is InChI=1S/C15H9NO4/c17-15(13-6-8-14(9-7-13)16(18)19)20-11-10-12-4-2-1-3-5-12/h1-9H. The molecule has 5 heteroatoms. The first kappa shape index (κ1) is 13.3. The largest absolute Gasteiger partial charge is 0.368 e. The number of esters is 1. The second-order valence-corrected chi connectivity index (χ2v) is 3.79. The van der Waals surface area contributed by atoms with E-state index < -0.39 is 10.9 Å². The van der Waals surface area contributed by atoms with E-state index >= 15 is 0 Å². The van der Waals surface area contributed by atoms with Gasteiger partial charge in [-0.1, -0.05) is 18.2 Å². The molecule has 0 unspecified atom stereocenters. The van der Waals surface area contributed by atoms with Crippen molar-refractivity contribution in [3.8, 4) is 12.0 Å². The second-order valence-electron chi connectivity index (χ2n) is 3.79. The molecule has 0 atom stereocenters. The lowest BCUT2D eigenvalue weighted by molar-refractivity contribution is -0.384. The van der Waals surface area contributed by atoms with Gasteiger partial charge in [-0.25, -0.2) is 4.79 Å². The predicted octanol–water partition coefficient (Wildman–Crippen LogP) is 2.76. The Morgan fingerprint density at radius 1 is 1.05 bits per heavy atom. The van der Waals surface area contributed by atoms with Crippen molar-refractivity contribution in [3.63, 3.8) is 0 Å². The van der Waals surface area contributed by atoms with Gasteiger partial charge < -0.3 is 4.74 Å². The normalized spacial score (nSPS) is 9.20. The van der Waals surface area contributed by atoms with E-state index in [9.17, 15) is 14.9 Å². The minimum atomic E-state index is -0.650. The maximum absolute atomic E-state index is 11.6. The molecular weight excluding hydrogens is 258 g/mol. The summed E-state index contributed by atoms with van der Waals surface area (Å²) in [7, 11) is 0. The summed E-state index contributed by atoms with van der Waals surface area (Å²) in [5, 5.41) is 10.5. The Labute approximate surface area is 115 Å². The molecule has 0 N–H and O–H groups in total. The van der Waals surface area contributed by atoms with Gasteiger partial charge in [0.15, 0.2) is 0 Å². The van der Waals surface area contributed by atoms with Gasteiger partial charge in [-0.2, -0.15) is 0 Å². The molecule has 0 aliphatic carbocycles. The number of carbonyl (C=O) groups excluding carboxylic acids is 1. The van der Waals surface area contributed by atoms with Crippen LogP contribution in [-0.4, -0.2) is 10.9 Å². The van der Waals surface area contributed by atoms with Crippen LogP contribution in [0.5, 0.6) is 0 Å². The van der Waals surface area contributed by atoms with Crippen LogP contribution in [-0.2, 0) is 4.74 Å². The molecule has 0 bridgehead atoms. The van der Waals surface area contributed by atoms with Crippen LogP contribution in [0.25, 0.3) is 0 Å². The maximum Gasteiger partial charge on any atom is 0.352 e. The lowest BCUT2D eigenvalue weighted by atomic mass is 10.2. The smallest absolute Gasteiger partial charge is 0.352 e. The summed E-state index contributed by atoms with van der Waals surface area (Å²) in [6.07, 6.45) is 2.30. The van der Waals surface area contributed by atoms with Crippen molar-refractivity contribution in [2.24, 2.45) is 0 Å². The Bertz CT molecular complexity index is 681. The van der Waals surface area contributed by atoms with Gasteiger partial charge in [0.1, 0.15) is 6.11 Å². The van der Waals surface area contributed by atoms with Gasteiger partial charge in [0, 0.05) is 17.7 Å². The summed E-state index contributed by atoms with van der Waals surface area (Å²) in [5.41, 5.74) is 0.846. The highest BCUT2D eigenvalue weighted by atomic mass is 16.6. The summed E-state index contributed by atoms with van der Waals surface area (Å²) in [6, 6.07) is 14.2. The molecule has 20 heavy (non-hydrogen) atoms. The summed E-state index contributed by atoms with van der Waals surface area (Å²) in [5.74, 6) is 2.02. The third kappa shape index (κ3) is 3.43. The molecule has 0 aliphatic rings. The van der Waals surface area contributed by atoms with Crippen LogP contribution in [0.15, 0.2) is 54.6 Å². The third-order valence-corrected chi connectivity index (χ3v) is 2.43. The minimum absolute atomic E-state index is 0.0862. The van der Waals surface area contributed by atoms with E-state index in [1.54, 1.807) is 12.1 Å². The molecule has 0 fully saturated rings. The van der Waals surface area contributed by atoms with Gasteiger partial charge in [0.05, 0.1) is 10.5 Å². The monoisotopic (exact) mass is 267 g/mol. The Morgan fingerprint density at radius 2 is 1.70 bits per heavy atom. The zero-order chi connectivity index (χ0) is 14.4. The number of nitro groups is 1. The Kier molecular flexibility index (Phi) is 4.10. The number of hydrogen-bond acceptors (Lipinski definition) is 4. The van der Waals surface area contributed by atoms with Gasteiger partial charge in [-0.3, -0.25) is 10.1 Å². The van der Waals surface area contributed by atoms with E-state index in [2.05, 4.69) is 12.0 Å². The third-order valence-electron chi connectivity index (χ3n) is 2.43. The Balaban J connectivity index is 2.02. The van der Waals surface area contributed by atoms with Gasteiger partial charge in [0.2, 0.25) is 0 Å². The van der Waals surface area contributed by atoms with E-state index in [4.69, 9.17) is 4.74 Å². The average Bonchev–Trinajstić information content (AvgIpc) is 2.48. The van der Waals surface area contributed by atoms with Crippen molar-refractivity contribution in [3.05, 3.63) is 75.8 Å². The number of hydrogen-bond donors (Lipinski definition) is 0. The number of nitrogens with zero attached hydrogens (tertiary/aromatic N) is 1. The van der Waals surface area contributed by atoms with Crippen LogP contribution in [0, 0.1) is 22.1 Å². The molecule has 0 aromatic heterocycles. The zero-order valence-corrected chi connectivity index (χ0v) is 10.3. The van der Waals surface area contributed by atoms with Crippen molar-refractivity contribution in [1.29, 1.82) is 0 Å². The van der Waals surface area contributed by atoms with Gasteiger partial charge in [-0.05, 0) is 30.2 Å². The van der Waals surface area contributed by atoms with Crippen LogP contribution in [0.4, 0.5) is 5.69 Å². The number of benzene rings is 2. The summed E-state index contributed by atoms with van der Waals surface area (Å²) < 4.78 is 4.76. The average molecular weight is 267 g/mol. The zero-order valence-electron chi connectivity index (χ0n) is 10.3. The molecule has 0 aliphatic heterocycles. The summed E-state index contributed by atoms with van der Waals surface area (Å²) >= 11 is 0. The van der Waals surface area contributed by atoms with Gasteiger partial charge in [0.25, 0.3) is 5.69 Å². The first-order valence-electron chi connectivity index (χ1n) is 5.68. The number of carbonyl (C=O) groups is 1. The van der Waals surface area contributed by atoms with Crippen LogP contribution < -0.4 is 0 Å². The van der Waals surface area contributed by atoms with Crippen LogP contribution >= 0.6 is 0 Å². The lowest BCUT2D eigenvalue weighted by Gasteiger charge is -1.96. The van der Waals surface area contributed by atoms with Crippen molar-refractivity contribution in [1.82, 2.24) is 0 Å². The molecule has 0 saturated carbocycles.